The summed E-state index contributed by atoms with van der Waals surface area (Å²) in [5.74, 6) is 1.03. The summed E-state index contributed by atoms with van der Waals surface area (Å²) in [4.78, 5) is 31.3. The summed E-state index contributed by atoms with van der Waals surface area (Å²) in [5, 5.41) is 0. The van der Waals surface area contributed by atoms with Crippen molar-refractivity contribution in [2.24, 2.45) is 5.92 Å². The molecule has 1 aliphatic rings. The first-order valence-electron chi connectivity index (χ1n) is 11.8. The van der Waals surface area contributed by atoms with Crippen LogP contribution in [-0.4, -0.2) is 15.3 Å². The molecule has 0 radical (unpaired) electrons. The summed E-state index contributed by atoms with van der Waals surface area (Å²) in [5.41, 5.74) is 3.76. The summed E-state index contributed by atoms with van der Waals surface area (Å²) in [7, 11) is 0. The molecule has 0 fully saturated rings. The van der Waals surface area contributed by atoms with E-state index in [4.69, 9.17) is 4.98 Å². The molecule has 1 aromatic heterocycles. The van der Waals surface area contributed by atoms with Crippen molar-refractivity contribution in [3.63, 3.8) is 0 Å². The van der Waals surface area contributed by atoms with Crippen molar-refractivity contribution in [3.8, 4) is 0 Å². The fraction of sp³-hybridized carbons (Fsp3) is 0.393. The van der Waals surface area contributed by atoms with Gasteiger partial charge in [-0.1, -0.05) is 80.4 Å². The van der Waals surface area contributed by atoms with Crippen LogP contribution in [0.5, 0.6) is 0 Å². The summed E-state index contributed by atoms with van der Waals surface area (Å²) in [6.07, 6.45) is 5.79. The number of carbonyl (C=O) groups is 1. The zero-order valence-electron chi connectivity index (χ0n) is 19.1. The molecule has 1 atom stereocenters. The molecule has 0 saturated heterocycles. The normalized spacial score (nSPS) is 15.5. The Labute approximate surface area is 190 Å². The van der Waals surface area contributed by atoms with Crippen LogP contribution in [0, 0.1) is 12.8 Å². The molecule has 0 amide bonds. The third kappa shape index (κ3) is 4.59. The van der Waals surface area contributed by atoms with Crippen molar-refractivity contribution in [1.82, 2.24) is 9.55 Å². The van der Waals surface area contributed by atoms with Gasteiger partial charge in [0.2, 0.25) is 0 Å². The molecule has 1 unspecified atom stereocenters. The van der Waals surface area contributed by atoms with Gasteiger partial charge in [-0.15, -0.1) is 0 Å². The van der Waals surface area contributed by atoms with Gasteiger partial charge in [-0.2, -0.15) is 0 Å². The Morgan fingerprint density at radius 3 is 2.25 bits per heavy atom. The van der Waals surface area contributed by atoms with Crippen LogP contribution >= 0.6 is 0 Å². The lowest BCUT2D eigenvalue weighted by atomic mass is 9.83. The fourth-order valence-electron chi connectivity index (χ4n) is 4.90. The highest BCUT2D eigenvalue weighted by atomic mass is 16.1. The van der Waals surface area contributed by atoms with Crippen molar-refractivity contribution in [2.75, 3.05) is 0 Å². The number of benzene rings is 2. The number of hydrogen-bond donors (Lipinski definition) is 0. The molecule has 0 aliphatic heterocycles. The number of aryl methyl sites for hydroxylation is 1. The molecule has 4 heteroatoms. The Hall–Kier alpha value is -3.01. The van der Waals surface area contributed by atoms with Crippen LogP contribution in [0.1, 0.15) is 73.3 Å². The van der Waals surface area contributed by atoms with E-state index >= 15 is 0 Å². The van der Waals surface area contributed by atoms with Crippen molar-refractivity contribution in [2.45, 2.75) is 64.8 Å². The van der Waals surface area contributed by atoms with Crippen LogP contribution in [0.25, 0.3) is 0 Å². The monoisotopic (exact) mass is 428 g/mol. The minimum Gasteiger partial charge on any atom is -0.299 e. The van der Waals surface area contributed by atoms with E-state index in [1.807, 2.05) is 47.9 Å². The minimum absolute atomic E-state index is 0.000509. The van der Waals surface area contributed by atoms with Crippen LogP contribution in [0.2, 0.25) is 0 Å². The molecule has 1 heterocycles. The van der Waals surface area contributed by atoms with Crippen molar-refractivity contribution < 1.29 is 4.79 Å². The van der Waals surface area contributed by atoms with E-state index in [1.54, 1.807) is 0 Å². The number of ketones is 1. The van der Waals surface area contributed by atoms with Gasteiger partial charge in [-0.05, 0) is 43.7 Å². The smallest absolute Gasteiger partial charge is 0.257 e. The lowest BCUT2D eigenvalue weighted by molar-refractivity contribution is -0.123. The highest BCUT2D eigenvalue weighted by Crippen LogP contribution is 2.29. The van der Waals surface area contributed by atoms with Gasteiger partial charge in [0.1, 0.15) is 11.6 Å². The first kappa shape index (κ1) is 22.2. The summed E-state index contributed by atoms with van der Waals surface area (Å²) < 4.78 is 1.84. The molecule has 166 valence electrons. The standard InChI is InChI=1S/C28H32N2O2/c1-3-4-7-16-26(31)23-17-18-24-25(19-23)29-20(2)30(28(24)32)27(21-12-8-5-9-13-21)22-14-10-6-11-15-22/h5-6,8-15,23,27H,3-4,7,16-19H2,1-2H3. The number of aromatic nitrogens is 2. The maximum atomic E-state index is 13.7. The molecule has 0 spiro atoms. The summed E-state index contributed by atoms with van der Waals surface area (Å²) >= 11 is 0. The van der Waals surface area contributed by atoms with Gasteiger partial charge >= 0.3 is 0 Å². The molecule has 1 aliphatic carbocycles. The number of nitrogens with zero attached hydrogens (tertiary/aromatic N) is 2. The van der Waals surface area contributed by atoms with E-state index in [-0.39, 0.29) is 17.5 Å². The minimum atomic E-state index is -0.226. The number of rotatable bonds is 8. The average molecular weight is 429 g/mol. The Kier molecular flexibility index (Phi) is 6.99. The molecule has 0 bridgehead atoms. The van der Waals surface area contributed by atoms with Gasteiger partial charge in [0.25, 0.3) is 5.56 Å². The fourth-order valence-corrected chi connectivity index (χ4v) is 4.90. The highest BCUT2D eigenvalue weighted by Gasteiger charge is 2.30. The van der Waals surface area contributed by atoms with E-state index in [0.717, 1.165) is 48.1 Å². The number of Topliss-reactive ketones (excluding diaryl/α,β-unsaturated/α-hetero) is 1. The second kappa shape index (κ2) is 10.1. The zero-order valence-corrected chi connectivity index (χ0v) is 19.1. The number of carbonyl (C=O) groups excluding carboxylic acids is 1. The second-order valence-electron chi connectivity index (χ2n) is 8.85. The lowest BCUT2D eigenvalue weighted by Gasteiger charge is -2.28. The molecular weight excluding hydrogens is 396 g/mol. The number of hydrogen-bond acceptors (Lipinski definition) is 3. The first-order valence-corrected chi connectivity index (χ1v) is 11.8. The van der Waals surface area contributed by atoms with E-state index < -0.39 is 0 Å². The lowest BCUT2D eigenvalue weighted by Crippen LogP contribution is -2.36. The van der Waals surface area contributed by atoms with Crippen LogP contribution in [0.15, 0.2) is 65.5 Å². The summed E-state index contributed by atoms with van der Waals surface area (Å²) in [6, 6.07) is 20.0. The maximum Gasteiger partial charge on any atom is 0.257 e. The third-order valence-electron chi connectivity index (χ3n) is 6.62. The summed E-state index contributed by atoms with van der Waals surface area (Å²) in [6.45, 7) is 4.06. The predicted molar refractivity (Wildman–Crippen MR) is 128 cm³/mol. The molecule has 32 heavy (non-hydrogen) atoms. The third-order valence-corrected chi connectivity index (χ3v) is 6.62. The maximum absolute atomic E-state index is 13.7. The van der Waals surface area contributed by atoms with E-state index in [0.29, 0.717) is 30.9 Å². The molecule has 4 nitrogen and oxygen atoms in total. The first-order chi connectivity index (χ1) is 15.6. The van der Waals surface area contributed by atoms with Gasteiger partial charge in [0.05, 0.1) is 11.7 Å². The molecule has 3 aromatic rings. The van der Waals surface area contributed by atoms with E-state index in [1.165, 1.54) is 0 Å². The van der Waals surface area contributed by atoms with Crippen molar-refractivity contribution in [3.05, 3.63) is 99.2 Å². The average Bonchev–Trinajstić information content (AvgIpc) is 2.82. The number of unbranched alkanes of at least 4 members (excludes halogenated alkanes) is 2. The molecule has 2 aromatic carbocycles. The Morgan fingerprint density at radius 2 is 1.66 bits per heavy atom. The zero-order chi connectivity index (χ0) is 22.5. The van der Waals surface area contributed by atoms with Crippen molar-refractivity contribution in [1.29, 1.82) is 0 Å². The van der Waals surface area contributed by atoms with Gasteiger partial charge in [-0.25, -0.2) is 4.98 Å². The number of fused-ring (bicyclic) bond motifs is 1. The van der Waals surface area contributed by atoms with E-state index in [2.05, 4.69) is 31.2 Å². The van der Waals surface area contributed by atoms with Crippen LogP contribution < -0.4 is 5.56 Å². The highest BCUT2D eigenvalue weighted by molar-refractivity contribution is 5.81. The largest absolute Gasteiger partial charge is 0.299 e. The van der Waals surface area contributed by atoms with Gasteiger partial charge in [0, 0.05) is 17.9 Å². The Bertz CT molecular complexity index is 1080. The van der Waals surface area contributed by atoms with Crippen molar-refractivity contribution >= 4 is 5.78 Å². The SMILES string of the molecule is CCCCCC(=O)C1CCc2c(nc(C)n(C(c3ccccc3)c3ccccc3)c2=O)C1. The molecule has 4 rings (SSSR count). The predicted octanol–water partition coefficient (Wildman–Crippen LogP) is 5.44. The van der Waals surface area contributed by atoms with Crippen LogP contribution in [0.4, 0.5) is 0 Å². The van der Waals surface area contributed by atoms with Crippen LogP contribution in [0.3, 0.4) is 0 Å². The Balaban J connectivity index is 1.71. The van der Waals surface area contributed by atoms with Gasteiger partial charge in [-0.3, -0.25) is 14.2 Å². The van der Waals surface area contributed by atoms with Crippen LogP contribution in [-0.2, 0) is 17.6 Å². The quantitative estimate of drug-likeness (QED) is 0.449. The van der Waals surface area contributed by atoms with Gasteiger partial charge < -0.3 is 0 Å². The van der Waals surface area contributed by atoms with E-state index in [9.17, 15) is 9.59 Å². The molecule has 0 saturated carbocycles. The van der Waals surface area contributed by atoms with Gasteiger partial charge in [0.15, 0.2) is 0 Å². The molecule has 0 N–H and O–H groups in total. The Morgan fingerprint density at radius 1 is 1.03 bits per heavy atom. The molecular formula is C28H32N2O2. The second-order valence-corrected chi connectivity index (χ2v) is 8.85. The topological polar surface area (TPSA) is 52.0 Å².